The first-order valence-electron chi connectivity index (χ1n) is 0.408. The van der Waals surface area contributed by atoms with E-state index in [2.05, 4.69) is 24.4 Å². The van der Waals surface area contributed by atoms with E-state index in [0.29, 0.717) is 0 Å². The van der Waals surface area contributed by atoms with Crippen molar-refractivity contribution in [1.29, 1.82) is 0 Å². The van der Waals surface area contributed by atoms with E-state index >= 15 is 0 Å². The normalized spacial score (nSPS) is 2.00. The van der Waals surface area contributed by atoms with Crippen LogP contribution in [0.2, 0.25) is 0 Å². The number of rotatable bonds is 0. The van der Waals surface area contributed by atoms with Gasteiger partial charge in [-0.3, -0.25) is 0 Å². The second-order valence-corrected chi connectivity index (χ2v) is 15.1. The maximum atomic E-state index is 2.92. The van der Waals surface area contributed by atoms with Crippen LogP contribution in [0.4, 0.5) is 0 Å². The average molecular weight is 311 g/mol. The summed E-state index contributed by atoms with van der Waals surface area (Å²) < 4.78 is 0. The molecule has 0 N–H and O–H groups in total. The van der Waals surface area contributed by atoms with Gasteiger partial charge < -0.3 is 0 Å². The van der Waals surface area contributed by atoms with Crippen molar-refractivity contribution < 1.29 is 0 Å². The topological polar surface area (TPSA) is 0 Å². The summed E-state index contributed by atoms with van der Waals surface area (Å²) in [5.74, 6) is 0. The summed E-state index contributed by atoms with van der Waals surface area (Å²) in [5.41, 5.74) is 0. The third-order valence-electron chi connectivity index (χ3n) is 0. The Kier molecular flexibility index (Phi) is 21.3. The third kappa shape index (κ3) is 8.89. The summed E-state index contributed by atoms with van der Waals surface area (Å²) in [6.45, 7) is 0. The van der Waals surface area contributed by atoms with Gasteiger partial charge in [0.15, 0.2) is 0 Å². The van der Waals surface area contributed by atoms with Crippen LogP contribution in [0.1, 0.15) is 0 Å². The van der Waals surface area contributed by atoms with Crippen LogP contribution in [-0.2, 0) is 0 Å². The zero-order chi connectivity index (χ0) is 2.71. The van der Waals surface area contributed by atoms with Gasteiger partial charge in [-0.15, -0.1) is 0 Å². The molecule has 0 aromatic rings. The molecular formula is H2SSe2Sn. The molecule has 4 heavy (non-hydrogen) atoms. The molecule has 0 heterocycles. The quantitative estimate of drug-likeness (QED) is 0.502. The zero-order valence-electron chi connectivity index (χ0n) is 1.82. The fourth-order valence-electron chi connectivity index (χ4n) is 0. The van der Waals surface area contributed by atoms with E-state index < -0.39 is 0 Å². The first-order chi connectivity index (χ1) is 1.41. The summed E-state index contributed by atoms with van der Waals surface area (Å²) in [4.78, 5) is 0. The summed E-state index contributed by atoms with van der Waals surface area (Å²) in [6, 6.07) is 0. The minimum atomic E-state index is -0.0200. The molecule has 0 amide bonds. The van der Waals surface area contributed by atoms with Crippen molar-refractivity contribution >= 4 is 53.4 Å². The summed E-state index contributed by atoms with van der Waals surface area (Å²) in [7, 11) is 0. The predicted molar refractivity (Wildman–Crippen MR) is 27.6 cm³/mol. The Labute approximate surface area is 52.7 Å². The first-order valence-corrected chi connectivity index (χ1v) is 14.2. The minimum absolute atomic E-state index is 0. The second kappa shape index (κ2) is 8.95. The van der Waals surface area contributed by atoms with Gasteiger partial charge in [-0.05, 0) is 0 Å². The van der Waals surface area contributed by atoms with E-state index in [1.807, 2.05) is 0 Å². The molecule has 0 fully saturated rings. The van der Waals surface area contributed by atoms with Crippen molar-refractivity contribution in [1.82, 2.24) is 0 Å². The van der Waals surface area contributed by atoms with Gasteiger partial charge in [0.25, 0.3) is 0 Å². The van der Waals surface area contributed by atoms with Gasteiger partial charge in [0.05, 0.1) is 0 Å². The Morgan fingerprint density at radius 1 is 1.25 bits per heavy atom. The Hall–Kier alpha value is 2.19. The third-order valence-corrected chi connectivity index (χ3v) is 0. The fourth-order valence-corrected chi connectivity index (χ4v) is 0. The van der Waals surface area contributed by atoms with Gasteiger partial charge in [0, 0.05) is 0 Å². The van der Waals surface area contributed by atoms with Crippen molar-refractivity contribution in [2.24, 2.45) is 0 Å². The second-order valence-electron chi connectivity index (χ2n) is 0.0833. The van der Waals surface area contributed by atoms with E-state index in [9.17, 15) is 0 Å². The molecule has 0 aliphatic rings. The SMILES string of the molecule is S.[Se]=[Sn]=[Se]. The molecule has 0 saturated carbocycles. The summed E-state index contributed by atoms with van der Waals surface area (Å²) >= 11 is 5.82. The molecule has 0 rings (SSSR count). The van der Waals surface area contributed by atoms with Crippen LogP contribution in [0.15, 0.2) is 0 Å². The molecule has 0 aliphatic heterocycles. The van der Waals surface area contributed by atoms with Crippen LogP contribution < -0.4 is 0 Å². The molecule has 0 aliphatic carbocycles. The van der Waals surface area contributed by atoms with E-state index in [1.54, 1.807) is 0 Å². The molecule has 0 radical (unpaired) electrons. The van der Waals surface area contributed by atoms with Gasteiger partial charge in [0.2, 0.25) is 0 Å². The monoisotopic (exact) mass is 314 g/mol. The van der Waals surface area contributed by atoms with Crippen LogP contribution in [0.5, 0.6) is 0 Å². The van der Waals surface area contributed by atoms with Crippen molar-refractivity contribution in [3.8, 4) is 0 Å². The van der Waals surface area contributed by atoms with E-state index in [0.717, 1.165) is 0 Å². The van der Waals surface area contributed by atoms with Gasteiger partial charge >= 0.3 is 39.9 Å². The zero-order valence-corrected chi connectivity index (χ0v) is 9.10. The van der Waals surface area contributed by atoms with Crippen LogP contribution >= 0.6 is 13.5 Å². The Morgan fingerprint density at radius 2 is 1.25 bits per heavy atom. The van der Waals surface area contributed by atoms with Gasteiger partial charge in [-0.1, -0.05) is 0 Å². The predicted octanol–water partition coefficient (Wildman–Crippen LogP) is -1.03. The van der Waals surface area contributed by atoms with E-state index in [-0.39, 0.29) is 29.0 Å². The van der Waals surface area contributed by atoms with Crippen LogP contribution in [0, 0.1) is 0 Å². The molecule has 0 aromatic carbocycles. The number of hydrogen-bond donors (Lipinski definition) is 0. The van der Waals surface area contributed by atoms with Gasteiger partial charge in [-0.2, -0.15) is 13.5 Å². The number of hydrogen-bond acceptors (Lipinski definition) is 0. The molecule has 24 valence electrons. The van der Waals surface area contributed by atoms with E-state index in [1.165, 1.54) is 0 Å². The molecule has 0 nitrogen and oxygen atoms in total. The standard InChI is InChI=1S/H2S.2Se.Sn/h1H2;;;. The van der Waals surface area contributed by atoms with Crippen molar-refractivity contribution in [2.75, 3.05) is 0 Å². The molecule has 0 spiro atoms. The van der Waals surface area contributed by atoms with Crippen molar-refractivity contribution in [3.05, 3.63) is 0 Å². The molecule has 0 saturated heterocycles. The maximum absolute atomic E-state index is 2.92. The van der Waals surface area contributed by atoms with Gasteiger partial charge in [-0.25, -0.2) is 0 Å². The molecule has 0 aromatic heterocycles. The molecule has 0 unspecified atom stereocenters. The Bertz CT molecular complexity index is 27.0. The molecule has 4 heteroatoms. The van der Waals surface area contributed by atoms with Crippen LogP contribution in [0.3, 0.4) is 0 Å². The fraction of sp³-hybridized carbons (Fsp3) is 0. The van der Waals surface area contributed by atoms with Crippen LogP contribution in [-0.4, -0.2) is 39.9 Å². The molecular weight excluding hydrogens is 309 g/mol. The van der Waals surface area contributed by atoms with E-state index in [4.69, 9.17) is 0 Å². The molecule has 0 atom stereocenters. The Balaban J connectivity index is 0. The summed E-state index contributed by atoms with van der Waals surface area (Å²) in [6.07, 6.45) is 0. The Morgan fingerprint density at radius 3 is 1.25 bits per heavy atom. The summed E-state index contributed by atoms with van der Waals surface area (Å²) in [5, 5.41) is 0. The van der Waals surface area contributed by atoms with Crippen molar-refractivity contribution in [2.45, 2.75) is 0 Å². The average Bonchev–Trinajstić information content (AvgIpc) is 0.918. The molecule has 0 bridgehead atoms. The van der Waals surface area contributed by atoms with Crippen LogP contribution in [0.25, 0.3) is 0 Å². The van der Waals surface area contributed by atoms with Gasteiger partial charge in [0.1, 0.15) is 0 Å². The van der Waals surface area contributed by atoms with Crippen molar-refractivity contribution in [3.63, 3.8) is 0 Å². The first kappa shape index (κ1) is 9.50.